The molecule has 1 aromatic heterocycles. The van der Waals surface area contributed by atoms with Crippen molar-refractivity contribution in [1.82, 2.24) is 4.98 Å². The molecule has 0 aliphatic carbocycles. The van der Waals surface area contributed by atoms with Gasteiger partial charge in [0.1, 0.15) is 6.10 Å². The zero-order chi connectivity index (χ0) is 9.31. The molecule has 2 atom stereocenters. The van der Waals surface area contributed by atoms with Gasteiger partial charge in [-0.1, -0.05) is 0 Å². The number of aliphatic hydroxyl groups excluding tert-OH is 1. The van der Waals surface area contributed by atoms with Crippen molar-refractivity contribution in [2.24, 2.45) is 0 Å². The Morgan fingerprint density at radius 2 is 2.62 bits per heavy atom. The third-order valence-corrected chi connectivity index (χ3v) is 3.16. The molecule has 1 aliphatic rings. The van der Waals surface area contributed by atoms with Crippen molar-refractivity contribution in [2.45, 2.75) is 31.5 Å². The van der Waals surface area contributed by atoms with E-state index in [0.29, 0.717) is 0 Å². The van der Waals surface area contributed by atoms with Crippen molar-refractivity contribution in [3.05, 3.63) is 16.6 Å². The quantitative estimate of drug-likeness (QED) is 0.789. The second-order valence-corrected chi connectivity index (χ2v) is 4.30. The monoisotopic (exact) mass is 199 g/mol. The van der Waals surface area contributed by atoms with Gasteiger partial charge in [0.15, 0.2) is 0 Å². The molecule has 0 aromatic carbocycles. The molecule has 4 heteroatoms. The van der Waals surface area contributed by atoms with E-state index in [1.807, 2.05) is 12.3 Å². The summed E-state index contributed by atoms with van der Waals surface area (Å²) in [5.41, 5.74) is 2.04. The van der Waals surface area contributed by atoms with E-state index in [1.165, 1.54) is 11.3 Å². The molecule has 2 rings (SSSR count). The fourth-order valence-corrected chi connectivity index (χ4v) is 2.26. The zero-order valence-electron chi connectivity index (χ0n) is 7.56. The van der Waals surface area contributed by atoms with Crippen LogP contribution in [0.25, 0.3) is 0 Å². The summed E-state index contributed by atoms with van der Waals surface area (Å²) in [4.78, 5) is 4.09. The van der Waals surface area contributed by atoms with Gasteiger partial charge < -0.3 is 9.84 Å². The summed E-state index contributed by atoms with van der Waals surface area (Å²) in [5, 5.41) is 11.9. The van der Waals surface area contributed by atoms with Gasteiger partial charge in [-0.25, -0.2) is 4.98 Å². The number of aliphatic hydroxyl groups is 1. The minimum Gasteiger partial charge on any atom is -0.384 e. The number of nitrogens with zero attached hydrogens (tertiary/aromatic N) is 1. The molecule has 72 valence electrons. The summed E-state index contributed by atoms with van der Waals surface area (Å²) >= 11 is 1.50. The Balaban J connectivity index is 2.16. The van der Waals surface area contributed by atoms with Gasteiger partial charge in [-0.2, -0.15) is 0 Å². The van der Waals surface area contributed by atoms with Crippen molar-refractivity contribution in [3.63, 3.8) is 0 Å². The molecule has 1 fully saturated rings. The van der Waals surface area contributed by atoms with Gasteiger partial charge in [0.05, 0.1) is 16.8 Å². The van der Waals surface area contributed by atoms with E-state index in [0.717, 1.165) is 25.1 Å². The third kappa shape index (κ3) is 1.61. The molecular formula is C9H13NO2S. The van der Waals surface area contributed by atoms with Gasteiger partial charge in [0, 0.05) is 12.0 Å². The molecule has 2 heterocycles. The van der Waals surface area contributed by atoms with E-state index >= 15 is 0 Å². The minimum atomic E-state index is -0.582. The molecule has 0 amide bonds. The average molecular weight is 199 g/mol. The average Bonchev–Trinajstić information content (AvgIpc) is 2.73. The van der Waals surface area contributed by atoms with Crippen molar-refractivity contribution in [3.8, 4) is 0 Å². The minimum absolute atomic E-state index is 0.423. The SMILES string of the molecule is CC1(C(O)c2cscn2)CCCO1. The summed E-state index contributed by atoms with van der Waals surface area (Å²) in [6.07, 6.45) is 1.35. The Labute approximate surface area is 81.4 Å². The topological polar surface area (TPSA) is 42.4 Å². The van der Waals surface area contributed by atoms with Crippen molar-refractivity contribution < 1.29 is 9.84 Å². The van der Waals surface area contributed by atoms with Crippen LogP contribution in [0.4, 0.5) is 0 Å². The fourth-order valence-electron chi connectivity index (χ4n) is 1.69. The van der Waals surface area contributed by atoms with Crippen molar-refractivity contribution in [1.29, 1.82) is 0 Å². The van der Waals surface area contributed by atoms with Gasteiger partial charge in [0.2, 0.25) is 0 Å². The normalized spacial score (nSPS) is 30.6. The maximum Gasteiger partial charge on any atom is 0.125 e. The van der Waals surface area contributed by atoms with Crippen LogP contribution in [-0.2, 0) is 4.74 Å². The van der Waals surface area contributed by atoms with Crippen molar-refractivity contribution in [2.75, 3.05) is 6.61 Å². The van der Waals surface area contributed by atoms with E-state index in [2.05, 4.69) is 4.98 Å². The maximum absolute atomic E-state index is 9.99. The van der Waals surface area contributed by atoms with E-state index < -0.39 is 11.7 Å². The highest BCUT2D eigenvalue weighted by molar-refractivity contribution is 7.07. The van der Waals surface area contributed by atoms with E-state index in [-0.39, 0.29) is 0 Å². The Hall–Kier alpha value is -0.450. The largest absolute Gasteiger partial charge is 0.384 e. The van der Waals surface area contributed by atoms with Crippen LogP contribution >= 0.6 is 11.3 Å². The Morgan fingerprint density at radius 3 is 3.15 bits per heavy atom. The standard InChI is InChI=1S/C9H13NO2S/c1-9(3-2-4-12-9)8(11)7-5-13-6-10-7/h5-6,8,11H,2-4H2,1H3. The number of thiazole rings is 1. The summed E-state index contributed by atoms with van der Waals surface area (Å²) in [6.45, 7) is 2.70. The second kappa shape index (κ2) is 3.36. The van der Waals surface area contributed by atoms with Crippen LogP contribution in [-0.4, -0.2) is 22.3 Å². The van der Waals surface area contributed by atoms with Crippen LogP contribution in [0.1, 0.15) is 31.6 Å². The lowest BCUT2D eigenvalue weighted by Crippen LogP contribution is -2.32. The third-order valence-electron chi connectivity index (χ3n) is 2.56. The van der Waals surface area contributed by atoms with Crippen LogP contribution in [0, 0.1) is 0 Å². The first-order valence-corrected chi connectivity index (χ1v) is 5.37. The summed E-state index contributed by atoms with van der Waals surface area (Å²) in [6, 6.07) is 0. The molecule has 1 N–H and O–H groups in total. The molecular weight excluding hydrogens is 186 g/mol. The fraction of sp³-hybridized carbons (Fsp3) is 0.667. The van der Waals surface area contributed by atoms with E-state index in [4.69, 9.17) is 4.74 Å². The van der Waals surface area contributed by atoms with Gasteiger partial charge in [0.25, 0.3) is 0 Å². The molecule has 0 bridgehead atoms. The smallest absolute Gasteiger partial charge is 0.125 e. The van der Waals surface area contributed by atoms with Crippen LogP contribution in [0.2, 0.25) is 0 Å². The molecule has 2 unspecified atom stereocenters. The number of ether oxygens (including phenoxy) is 1. The first kappa shape index (κ1) is 9.12. The highest BCUT2D eigenvalue weighted by Gasteiger charge is 2.39. The van der Waals surface area contributed by atoms with E-state index in [1.54, 1.807) is 5.51 Å². The lowest BCUT2D eigenvalue weighted by Gasteiger charge is -2.27. The molecule has 1 aromatic rings. The zero-order valence-corrected chi connectivity index (χ0v) is 8.38. The molecule has 3 nitrogen and oxygen atoms in total. The van der Waals surface area contributed by atoms with Crippen LogP contribution < -0.4 is 0 Å². The van der Waals surface area contributed by atoms with E-state index in [9.17, 15) is 5.11 Å². The number of hydrogen-bond acceptors (Lipinski definition) is 4. The highest BCUT2D eigenvalue weighted by atomic mass is 32.1. The summed E-state index contributed by atoms with van der Waals surface area (Å²) in [7, 11) is 0. The second-order valence-electron chi connectivity index (χ2n) is 3.58. The summed E-state index contributed by atoms with van der Waals surface area (Å²) in [5.74, 6) is 0. The van der Waals surface area contributed by atoms with Crippen LogP contribution in [0.3, 0.4) is 0 Å². The first-order valence-electron chi connectivity index (χ1n) is 4.42. The predicted molar refractivity (Wildman–Crippen MR) is 50.7 cm³/mol. The Kier molecular flexibility index (Phi) is 2.36. The van der Waals surface area contributed by atoms with Crippen molar-refractivity contribution >= 4 is 11.3 Å². The van der Waals surface area contributed by atoms with Gasteiger partial charge in [-0.05, 0) is 19.8 Å². The summed E-state index contributed by atoms with van der Waals surface area (Å²) < 4.78 is 5.54. The molecule has 1 aliphatic heterocycles. The maximum atomic E-state index is 9.99. The number of hydrogen-bond donors (Lipinski definition) is 1. The first-order chi connectivity index (χ1) is 6.22. The van der Waals surface area contributed by atoms with Gasteiger partial charge in [-0.15, -0.1) is 11.3 Å². The van der Waals surface area contributed by atoms with Crippen LogP contribution in [0.5, 0.6) is 0 Å². The lowest BCUT2D eigenvalue weighted by molar-refractivity contribution is -0.0810. The molecule has 1 saturated heterocycles. The molecule has 0 saturated carbocycles. The number of rotatable bonds is 2. The van der Waals surface area contributed by atoms with Gasteiger partial charge in [-0.3, -0.25) is 0 Å². The predicted octanol–water partition coefficient (Wildman–Crippen LogP) is 1.75. The van der Waals surface area contributed by atoms with Gasteiger partial charge >= 0.3 is 0 Å². The molecule has 0 radical (unpaired) electrons. The molecule has 13 heavy (non-hydrogen) atoms. The lowest BCUT2D eigenvalue weighted by atomic mass is 9.94. The Bertz CT molecular complexity index is 267. The highest BCUT2D eigenvalue weighted by Crippen LogP contribution is 2.36. The number of aromatic nitrogens is 1. The Morgan fingerprint density at radius 1 is 1.77 bits per heavy atom. The van der Waals surface area contributed by atoms with Crippen LogP contribution in [0.15, 0.2) is 10.9 Å². The molecule has 0 spiro atoms.